The molecule has 1 aromatic heterocycles. The fourth-order valence-electron chi connectivity index (χ4n) is 3.88. The smallest absolute Gasteiger partial charge is 0.255 e. The van der Waals surface area contributed by atoms with E-state index in [0.717, 1.165) is 29.7 Å². The molecule has 2 N–H and O–H groups in total. The molecule has 0 aliphatic heterocycles. The van der Waals surface area contributed by atoms with Gasteiger partial charge in [0.2, 0.25) is 0 Å². The fraction of sp³-hybridized carbons (Fsp3) is 0.267. The average molecular weight is 573 g/mol. The zero-order valence-corrected chi connectivity index (χ0v) is 23.7. The highest BCUT2D eigenvalue weighted by Crippen LogP contribution is 2.30. The molecule has 0 spiro atoms. The first-order chi connectivity index (χ1) is 18.0. The number of aromatic nitrogens is 1. The summed E-state index contributed by atoms with van der Waals surface area (Å²) in [4.78, 5) is 18.9. The van der Waals surface area contributed by atoms with E-state index in [1.54, 1.807) is 24.2 Å². The number of carbonyl (C=O) groups excluding carboxylic acids is 1. The minimum Gasteiger partial charge on any atom is -0.491 e. The maximum Gasteiger partial charge on any atom is 0.255 e. The number of pyridine rings is 1. The molecule has 7 nitrogen and oxygen atoms in total. The van der Waals surface area contributed by atoms with Gasteiger partial charge in [0.25, 0.3) is 5.91 Å². The van der Waals surface area contributed by atoms with Gasteiger partial charge < -0.3 is 24.8 Å². The Kier molecular flexibility index (Phi) is 13.0. The number of nitrogens with one attached hydrogen (secondary N) is 1. The molecular formula is C30H35Cl2N3O4. The largest absolute Gasteiger partial charge is 0.491 e. The predicted molar refractivity (Wildman–Crippen MR) is 160 cm³/mol. The summed E-state index contributed by atoms with van der Waals surface area (Å²) < 4.78 is 11.7. The molecule has 4 rings (SSSR count). The first-order valence-corrected chi connectivity index (χ1v) is 12.5. The number of fused-ring (bicyclic) bond motifs is 1. The highest BCUT2D eigenvalue weighted by molar-refractivity contribution is 6.06. The Hall–Kier alpha value is -3.36. The maximum absolute atomic E-state index is 12.8. The van der Waals surface area contributed by atoms with Gasteiger partial charge >= 0.3 is 0 Å². The molecule has 0 aliphatic rings. The number of ether oxygens (including phenoxy) is 2. The van der Waals surface area contributed by atoms with Gasteiger partial charge in [-0.05, 0) is 67.9 Å². The lowest BCUT2D eigenvalue weighted by molar-refractivity contribution is 0.0804. The molecule has 208 valence electrons. The molecule has 1 atom stereocenters. The van der Waals surface area contributed by atoms with Gasteiger partial charge in [0.1, 0.15) is 30.0 Å². The summed E-state index contributed by atoms with van der Waals surface area (Å²) in [5.41, 5.74) is 2.35. The first kappa shape index (κ1) is 31.9. The van der Waals surface area contributed by atoms with Crippen LogP contribution in [0.2, 0.25) is 0 Å². The van der Waals surface area contributed by atoms with Crippen molar-refractivity contribution in [1.82, 2.24) is 15.2 Å². The van der Waals surface area contributed by atoms with Crippen LogP contribution in [0.5, 0.6) is 17.2 Å². The summed E-state index contributed by atoms with van der Waals surface area (Å²) in [5, 5.41) is 14.2. The van der Waals surface area contributed by atoms with E-state index < -0.39 is 6.10 Å². The molecule has 39 heavy (non-hydrogen) atoms. The van der Waals surface area contributed by atoms with E-state index in [2.05, 4.69) is 10.3 Å². The topological polar surface area (TPSA) is 83.9 Å². The zero-order chi connectivity index (χ0) is 26.0. The first-order valence-electron chi connectivity index (χ1n) is 12.5. The second-order valence-corrected chi connectivity index (χ2v) is 8.81. The normalized spacial score (nSPS) is 11.2. The minimum atomic E-state index is -0.579. The molecule has 9 heteroatoms. The van der Waals surface area contributed by atoms with Crippen molar-refractivity contribution in [1.29, 1.82) is 0 Å². The van der Waals surface area contributed by atoms with Crippen LogP contribution in [0.15, 0.2) is 85.1 Å². The summed E-state index contributed by atoms with van der Waals surface area (Å²) in [7, 11) is 1.78. The monoisotopic (exact) mass is 571 g/mol. The number of nitrogens with zero attached hydrogens (tertiary/aromatic N) is 2. The van der Waals surface area contributed by atoms with Gasteiger partial charge in [-0.1, -0.05) is 36.4 Å². The predicted octanol–water partition coefficient (Wildman–Crippen LogP) is 5.53. The van der Waals surface area contributed by atoms with Crippen LogP contribution >= 0.6 is 24.8 Å². The second-order valence-electron chi connectivity index (χ2n) is 8.81. The van der Waals surface area contributed by atoms with Gasteiger partial charge in [-0.25, -0.2) is 0 Å². The molecule has 0 aliphatic carbocycles. The van der Waals surface area contributed by atoms with E-state index >= 15 is 0 Å². The summed E-state index contributed by atoms with van der Waals surface area (Å²) >= 11 is 0. The lowest BCUT2D eigenvalue weighted by Gasteiger charge is -2.16. The Balaban J connectivity index is 0.00000267. The molecule has 3 aromatic carbocycles. The highest BCUT2D eigenvalue weighted by atomic mass is 35.5. The van der Waals surface area contributed by atoms with Crippen molar-refractivity contribution in [2.45, 2.75) is 19.4 Å². The Morgan fingerprint density at radius 3 is 2.44 bits per heavy atom. The van der Waals surface area contributed by atoms with E-state index in [-0.39, 0.29) is 37.3 Å². The standard InChI is InChI=1S/C30H33N3O4.2ClH/c1-3-33(2)30(35)27-11-7-10-26-28(17-19-32-29(26)27)37-25-14-12-22(13-15-25)16-18-31-20-23(34)21-36-24-8-5-4-6-9-24;;/h4-15,17,19,23,31,34H,3,16,18,20-21H2,1-2H3;2*1H/t23-;;/m0../s1. The van der Waals surface area contributed by atoms with Crippen molar-refractivity contribution in [3.63, 3.8) is 0 Å². The average Bonchev–Trinajstić information content (AvgIpc) is 2.94. The highest BCUT2D eigenvalue weighted by Gasteiger charge is 2.16. The van der Waals surface area contributed by atoms with Crippen LogP contribution in [0.1, 0.15) is 22.8 Å². The van der Waals surface area contributed by atoms with E-state index in [0.29, 0.717) is 35.7 Å². The number of aliphatic hydroxyl groups is 1. The molecular weight excluding hydrogens is 537 g/mol. The van der Waals surface area contributed by atoms with Gasteiger partial charge in [0.15, 0.2) is 0 Å². The number of para-hydroxylation sites is 2. The van der Waals surface area contributed by atoms with Crippen molar-refractivity contribution in [2.24, 2.45) is 0 Å². The van der Waals surface area contributed by atoms with Gasteiger partial charge in [-0.2, -0.15) is 0 Å². The van der Waals surface area contributed by atoms with E-state index in [1.165, 1.54) is 0 Å². The van der Waals surface area contributed by atoms with Crippen LogP contribution in [0, 0.1) is 0 Å². The minimum absolute atomic E-state index is 0. The van der Waals surface area contributed by atoms with Crippen LogP contribution in [-0.4, -0.2) is 60.3 Å². The molecule has 1 heterocycles. The Morgan fingerprint density at radius 2 is 1.72 bits per heavy atom. The Bertz CT molecular complexity index is 1310. The summed E-state index contributed by atoms with van der Waals surface area (Å²) in [6, 6.07) is 24.8. The number of aliphatic hydroxyl groups excluding tert-OH is 1. The fourth-order valence-corrected chi connectivity index (χ4v) is 3.88. The molecule has 0 radical (unpaired) electrons. The van der Waals surface area contributed by atoms with Crippen molar-refractivity contribution < 1.29 is 19.4 Å². The molecule has 0 saturated heterocycles. The van der Waals surface area contributed by atoms with Crippen molar-refractivity contribution >= 4 is 41.6 Å². The van der Waals surface area contributed by atoms with Gasteiger partial charge in [-0.3, -0.25) is 9.78 Å². The van der Waals surface area contributed by atoms with Crippen molar-refractivity contribution in [3.8, 4) is 17.2 Å². The lowest BCUT2D eigenvalue weighted by Crippen LogP contribution is -2.32. The molecule has 1 amide bonds. The van der Waals surface area contributed by atoms with Gasteiger partial charge in [-0.15, -0.1) is 24.8 Å². The van der Waals surface area contributed by atoms with Crippen LogP contribution in [0.3, 0.4) is 0 Å². The number of hydrogen-bond donors (Lipinski definition) is 2. The number of rotatable bonds is 12. The second kappa shape index (κ2) is 15.9. The van der Waals surface area contributed by atoms with Gasteiger partial charge in [0, 0.05) is 31.7 Å². The lowest BCUT2D eigenvalue weighted by atomic mass is 10.1. The SMILES string of the molecule is CCN(C)C(=O)c1cccc2c(Oc3ccc(CCNC[C@H](O)COc4ccccc4)cc3)ccnc12.Cl.Cl. The van der Waals surface area contributed by atoms with Crippen molar-refractivity contribution in [3.05, 3.63) is 96.2 Å². The molecule has 0 fully saturated rings. The van der Waals surface area contributed by atoms with Crippen LogP contribution < -0.4 is 14.8 Å². The van der Waals surface area contributed by atoms with E-state index in [1.807, 2.05) is 79.7 Å². The van der Waals surface area contributed by atoms with E-state index in [9.17, 15) is 9.90 Å². The number of carbonyl (C=O) groups is 1. The molecule has 0 unspecified atom stereocenters. The zero-order valence-electron chi connectivity index (χ0n) is 22.1. The Labute approximate surface area is 242 Å². The third-order valence-electron chi connectivity index (χ3n) is 6.09. The summed E-state index contributed by atoms with van der Waals surface area (Å²) in [5.74, 6) is 2.05. The number of hydrogen-bond acceptors (Lipinski definition) is 6. The molecule has 0 saturated carbocycles. The number of amides is 1. The number of halogens is 2. The van der Waals surface area contributed by atoms with Crippen LogP contribution in [-0.2, 0) is 6.42 Å². The van der Waals surface area contributed by atoms with Crippen LogP contribution in [0.25, 0.3) is 10.9 Å². The maximum atomic E-state index is 12.8. The van der Waals surface area contributed by atoms with Crippen molar-refractivity contribution in [2.75, 3.05) is 33.3 Å². The third kappa shape index (κ3) is 8.83. The molecule has 4 aromatic rings. The third-order valence-corrected chi connectivity index (χ3v) is 6.09. The number of benzene rings is 3. The van der Waals surface area contributed by atoms with Gasteiger partial charge in [0.05, 0.1) is 11.1 Å². The molecule has 0 bridgehead atoms. The Morgan fingerprint density at radius 1 is 0.974 bits per heavy atom. The van der Waals surface area contributed by atoms with E-state index in [4.69, 9.17) is 9.47 Å². The quantitative estimate of drug-likeness (QED) is 0.217. The summed E-state index contributed by atoms with van der Waals surface area (Å²) in [6.45, 7) is 4.01. The van der Waals surface area contributed by atoms with Crippen LogP contribution in [0.4, 0.5) is 0 Å². The summed E-state index contributed by atoms with van der Waals surface area (Å²) in [6.07, 6.45) is 1.91.